The summed E-state index contributed by atoms with van der Waals surface area (Å²) in [6.07, 6.45) is 1.23. The Bertz CT molecular complexity index is 254. The van der Waals surface area contributed by atoms with Crippen molar-refractivity contribution in [2.24, 2.45) is 0 Å². The highest BCUT2D eigenvalue weighted by atomic mass is 16.1. The van der Waals surface area contributed by atoms with Crippen LogP contribution in [0.15, 0.2) is 36.9 Å². The Hall–Kier alpha value is -1.57. The first-order valence-corrected chi connectivity index (χ1v) is 3.22. The minimum absolute atomic E-state index is 0.198. The number of hydrogen-bond donors (Lipinski definition) is 1. The molecule has 2 heteroatoms. The fraction of sp³-hybridized carbons (Fsp3) is 0. The topological polar surface area (TPSA) is 29.1 Å². The maximum absolute atomic E-state index is 10.7. The van der Waals surface area contributed by atoms with Gasteiger partial charge in [-0.1, -0.05) is 18.7 Å². The highest BCUT2D eigenvalue weighted by molar-refractivity contribution is 5.98. The van der Waals surface area contributed by atoms with Gasteiger partial charge in [0.2, 0.25) is 5.91 Å². The summed E-state index contributed by atoms with van der Waals surface area (Å²) in [7, 11) is 0. The maximum Gasteiger partial charge on any atom is 0.247 e. The SMILES string of the molecule is C=CC(=O)Nc1cc[c]cc1. The van der Waals surface area contributed by atoms with E-state index in [1.807, 2.05) is 0 Å². The standard InChI is InChI=1S/C9H8NO/c1-2-9(11)10-8-6-4-3-5-7-8/h2,4-7H,1H2,(H,10,11). The maximum atomic E-state index is 10.7. The molecule has 0 saturated heterocycles. The van der Waals surface area contributed by atoms with Gasteiger partial charge in [-0.15, -0.1) is 0 Å². The number of amides is 1. The molecule has 1 N–H and O–H groups in total. The van der Waals surface area contributed by atoms with Crippen molar-refractivity contribution in [3.8, 4) is 0 Å². The number of carbonyl (C=O) groups is 1. The van der Waals surface area contributed by atoms with E-state index in [1.54, 1.807) is 24.3 Å². The zero-order chi connectivity index (χ0) is 8.10. The Morgan fingerprint density at radius 3 is 2.73 bits per heavy atom. The van der Waals surface area contributed by atoms with Crippen molar-refractivity contribution in [3.63, 3.8) is 0 Å². The number of rotatable bonds is 2. The summed E-state index contributed by atoms with van der Waals surface area (Å²) in [5, 5.41) is 2.61. The lowest BCUT2D eigenvalue weighted by Crippen LogP contribution is -2.06. The summed E-state index contributed by atoms with van der Waals surface area (Å²) in [4.78, 5) is 10.7. The summed E-state index contributed by atoms with van der Waals surface area (Å²) in [5.41, 5.74) is 0.758. The van der Waals surface area contributed by atoms with Gasteiger partial charge >= 0.3 is 0 Å². The molecular weight excluding hydrogens is 138 g/mol. The van der Waals surface area contributed by atoms with Gasteiger partial charge in [0.1, 0.15) is 0 Å². The van der Waals surface area contributed by atoms with E-state index in [4.69, 9.17) is 0 Å². The molecular formula is C9H8NO. The second-order valence-electron chi connectivity index (χ2n) is 1.98. The van der Waals surface area contributed by atoms with Crippen molar-refractivity contribution in [3.05, 3.63) is 43.0 Å². The fourth-order valence-electron chi connectivity index (χ4n) is 0.664. The quantitative estimate of drug-likeness (QED) is 0.631. The van der Waals surface area contributed by atoms with Crippen LogP contribution in [0.3, 0.4) is 0 Å². The van der Waals surface area contributed by atoms with Crippen LogP contribution in [0.5, 0.6) is 0 Å². The van der Waals surface area contributed by atoms with Crippen molar-refractivity contribution in [1.29, 1.82) is 0 Å². The average molecular weight is 146 g/mol. The van der Waals surface area contributed by atoms with Crippen LogP contribution >= 0.6 is 0 Å². The molecule has 0 atom stereocenters. The molecule has 1 rings (SSSR count). The molecule has 1 radical (unpaired) electrons. The summed E-state index contributed by atoms with van der Waals surface area (Å²) >= 11 is 0. The summed E-state index contributed by atoms with van der Waals surface area (Å²) in [5.74, 6) is -0.198. The van der Waals surface area contributed by atoms with Gasteiger partial charge in [0, 0.05) is 5.69 Å². The summed E-state index contributed by atoms with van der Waals surface area (Å²) in [6, 6.07) is 9.85. The third-order valence-corrected chi connectivity index (χ3v) is 1.17. The monoisotopic (exact) mass is 146 g/mol. The van der Waals surface area contributed by atoms with E-state index in [2.05, 4.69) is 18.0 Å². The minimum atomic E-state index is -0.198. The molecule has 0 aliphatic heterocycles. The van der Waals surface area contributed by atoms with Crippen LogP contribution in [-0.4, -0.2) is 5.91 Å². The Kier molecular flexibility index (Phi) is 2.44. The second-order valence-corrected chi connectivity index (χ2v) is 1.98. The van der Waals surface area contributed by atoms with E-state index in [9.17, 15) is 4.79 Å². The van der Waals surface area contributed by atoms with Gasteiger partial charge in [-0.3, -0.25) is 4.79 Å². The zero-order valence-electron chi connectivity index (χ0n) is 6.00. The van der Waals surface area contributed by atoms with Gasteiger partial charge in [0.05, 0.1) is 0 Å². The molecule has 0 unspecified atom stereocenters. The predicted molar refractivity (Wildman–Crippen MR) is 44.1 cm³/mol. The van der Waals surface area contributed by atoms with Gasteiger partial charge in [0.15, 0.2) is 0 Å². The van der Waals surface area contributed by atoms with E-state index in [0.717, 1.165) is 5.69 Å². The molecule has 0 spiro atoms. The lowest BCUT2D eigenvalue weighted by Gasteiger charge is -1.98. The van der Waals surface area contributed by atoms with Crippen LogP contribution in [0.4, 0.5) is 5.69 Å². The van der Waals surface area contributed by atoms with Crippen LogP contribution in [-0.2, 0) is 4.79 Å². The molecule has 0 bridgehead atoms. The Morgan fingerprint density at radius 2 is 2.18 bits per heavy atom. The number of anilines is 1. The highest BCUT2D eigenvalue weighted by Crippen LogP contribution is 2.03. The van der Waals surface area contributed by atoms with Crippen molar-refractivity contribution in [2.75, 3.05) is 5.32 Å². The molecule has 0 saturated carbocycles. The molecule has 0 heterocycles. The largest absolute Gasteiger partial charge is 0.323 e. The molecule has 1 aromatic carbocycles. The van der Waals surface area contributed by atoms with Gasteiger partial charge in [0.25, 0.3) is 0 Å². The van der Waals surface area contributed by atoms with E-state index in [-0.39, 0.29) is 5.91 Å². The average Bonchev–Trinajstić information content (AvgIpc) is 2.06. The van der Waals surface area contributed by atoms with Crippen molar-refractivity contribution < 1.29 is 4.79 Å². The first-order valence-electron chi connectivity index (χ1n) is 3.22. The lowest BCUT2D eigenvalue weighted by atomic mass is 10.3. The van der Waals surface area contributed by atoms with Crippen molar-refractivity contribution in [1.82, 2.24) is 0 Å². The third kappa shape index (κ3) is 2.26. The Labute approximate surface area is 65.5 Å². The Balaban J connectivity index is 2.65. The van der Waals surface area contributed by atoms with E-state index >= 15 is 0 Å². The second kappa shape index (κ2) is 3.56. The highest BCUT2D eigenvalue weighted by Gasteiger charge is 1.92. The molecule has 1 aromatic rings. The molecule has 11 heavy (non-hydrogen) atoms. The van der Waals surface area contributed by atoms with Crippen LogP contribution in [0.25, 0.3) is 0 Å². The summed E-state index contributed by atoms with van der Waals surface area (Å²) in [6.45, 7) is 3.34. The van der Waals surface area contributed by atoms with E-state index < -0.39 is 0 Å². The molecule has 0 aliphatic carbocycles. The van der Waals surface area contributed by atoms with Gasteiger partial charge in [-0.2, -0.15) is 0 Å². The van der Waals surface area contributed by atoms with Crippen LogP contribution < -0.4 is 5.32 Å². The van der Waals surface area contributed by atoms with Gasteiger partial charge < -0.3 is 5.32 Å². The van der Waals surface area contributed by atoms with Crippen LogP contribution in [0, 0.1) is 6.07 Å². The molecule has 0 aromatic heterocycles. The Morgan fingerprint density at radius 1 is 1.55 bits per heavy atom. The molecule has 2 nitrogen and oxygen atoms in total. The first-order chi connectivity index (χ1) is 5.33. The fourth-order valence-corrected chi connectivity index (χ4v) is 0.664. The molecule has 55 valence electrons. The number of nitrogens with one attached hydrogen (secondary N) is 1. The van der Waals surface area contributed by atoms with Crippen LogP contribution in [0.2, 0.25) is 0 Å². The van der Waals surface area contributed by atoms with E-state index in [1.165, 1.54) is 6.08 Å². The lowest BCUT2D eigenvalue weighted by molar-refractivity contribution is -0.111. The van der Waals surface area contributed by atoms with E-state index in [0.29, 0.717) is 0 Å². The minimum Gasteiger partial charge on any atom is -0.323 e. The van der Waals surface area contributed by atoms with Crippen LogP contribution in [0.1, 0.15) is 0 Å². The molecule has 0 aliphatic rings. The molecule has 0 fully saturated rings. The van der Waals surface area contributed by atoms with Crippen molar-refractivity contribution in [2.45, 2.75) is 0 Å². The van der Waals surface area contributed by atoms with Crippen molar-refractivity contribution >= 4 is 11.6 Å². The first kappa shape index (κ1) is 7.54. The molecule has 1 amide bonds. The summed E-state index contributed by atoms with van der Waals surface area (Å²) < 4.78 is 0. The smallest absolute Gasteiger partial charge is 0.247 e. The van der Waals surface area contributed by atoms with Gasteiger partial charge in [-0.05, 0) is 24.3 Å². The number of carbonyl (C=O) groups excluding carboxylic acids is 1. The third-order valence-electron chi connectivity index (χ3n) is 1.17. The van der Waals surface area contributed by atoms with Gasteiger partial charge in [-0.25, -0.2) is 0 Å². The predicted octanol–water partition coefficient (Wildman–Crippen LogP) is 1.61. The number of benzene rings is 1. The normalized spacial score (nSPS) is 8.73. The zero-order valence-corrected chi connectivity index (χ0v) is 6.00. The number of hydrogen-bond acceptors (Lipinski definition) is 1.